The van der Waals surface area contributed by atoms with Crippen molar-refractivity contribution in [3.8, 4) is 12.3 Å². The molecule has 0 radical (unpaired) electrons. The second-order valence-corrected chi connectivity index (χ2v) is 6.99. The highest BCUT2D eigenvalue weighted by molar-refractivity contribution is 5.99. The Labute approximate surface area is 180 Å². The summed E-state index contributed by atoms with van der Waals surface area (Å²) in [5, 5.41) is 9.39. The molecule has 2 amide bonds. The highest BCUT2D eigenvalue weighted by Crippen LogP contribution is 2.31. The Bertz CT molecular complexity index is 1140. The minimum absolute atomic E-state index is 0.259. The van der Waals surface area contributed by atoms with E-state index >= 15 is 0 Å². The minimum atomic E-state index is -0.521. The lowest BCUT2D eigenvalue weighted by Gasteiger charge is -2.25. The number of aromatic nitrogens is 2. The Morgan fingerprint density at radius 1 is 1.13 bits per heavy atom. The molecule has 0 bridgehead atoms. The molecule has 0 aliphatic carbocycles. The first-order valence-corrected chi connectivity index (χ1v) is 9.85. The van der Waals surface area contributed by atoms with Crippen LogP contribution in [0, 0.1) is 12.3 Å². The lowest BCUT2D eigenvalue weighted by Crippen LogP contribution is -2.21. The summed E-state index contributed by atoms with van der Waals surface area (Å²) in [6.07, 6.45) is 9.50. The number of nitrogens with two attached hydrogens (primary N) is 1. The van der Waals surface area contributed by atoms with Gasteiger partial charge in [0, 0.05) is 35.2 Å². The zero-order valence-corrected chi connectivity index (χ0v) is 16.9. The van der Waals surface area contributed by atoms with Gasteiger partial charge in [0.1, 0.15) is 12.1 Å². The third-order valence-corrected chi connectivity index (χ3v) is 4.89. The van der Waals surface area contributed by atoms with E-state index < -0.39 is 11.8 Å². The Morgan fingerprint density at radius 2 is 1.97 bits per heavy atom. The van der Waals surface area contributed by atoms with Crippen LogP contribution in [0.5, 0.6) is 0 Å². The maximum atomic E-state index is 11.5. The fraction of sp³-hybridized carbons (Fsp3) is 0.217. The molecule has 0 atom stereocenters. The number of hydrogen-bond acceptors (Lipinski definition) is 6. The largest absolute Gasteiger partial charge is 0.366 e. The second kappa shape index (κ2) is 10.2. The lowest BCUT2D eigenvalue weighted by molar-refractivity contribution is -0.129. The summed E-state index contributed by atoms with van der Waals surface area (Å²) in [5.74, 6) is 2.41. The number of carbonyl (C=O) groups is 2. The van der Waals surface area contributed by atoms with Gasteiger partial charge < -0.3 is 10.6 Å². The van der Waals surface area contributed by atoms with E-state index in [-0.39, 0.29) is 6.42 Å². The van der Waals surface area contributed by atoms with Crippen LogP contribution in [-0.4, -0.2) is 33.5 Å². The number of primary amides is 1. The summed E-state index contributed by atoms with van der Waals surface area (Å²) in [4.78, 5) is 33.6. The van der Waals surface area contributed by atoms with Gasteiger partial charge in [-0.3, -0.25) is 14.8 Å². The number of carbonyl (C=O) groups excluding carboxylic acids is 2. The van der Waals surface area contributed by atoms with Crippen molar-refractivity contribution in [2.75, 3.05) is 11.4 Å². The van der Waals surface area contributed by atoms with Crippen LogP contribution in [0.2, 0.25) is 0 Å². The molecule has 3 aromatic rings. The van der Waals surface area contributed by atoms with Crippen LogP contribution in [-0.2, 0) is 4.79 Å². The van der Waals surface area contributed by atoms with Crippen molar-refractivity contribution in [3.05, 3.63) is 59.9 Å². The molecular formula is C23H23N5O3. The fourth-order valence-electron chi connectivity index (χ4n) is 3.32. The van der Waals surface area contributed by atoms with E-state index in [0.29, 0.717) is 29.9 Å². The molecule has 0 saturated heterocycles. The molecule has 31 heavy (non-hydrogen) atoms. The third kappa shape index (κ3) is 5.35. The molecule has 158 valence electrons. The Morgan fingerprint density at radius 3 is 2.71 bits per heavy atom. The number of benzene rings is 2. The number of anilines is 2. The molecule has 0 saturated carbocycles. The highest BCUT2D eigenvalue weighted by atomic mass is 16.5. The smallest absolute Gasteiger partial charge is 0.248 e. The van der Waals surface area contributed by atoms with Crippen molar-refractivity contribution in [3.63, 3.8) is 0 Å². The number of hydrogen-bond donors (Lipinski definition) is 3. The summed E-state index contributed by atoms with van der Waals surface area (Å²) in [6.45, 7) is 0.623. The summed E-state index contributed by atoms with van der Waals surface area (Å²) in [6, 6.07) is 12.7. The van der Waals surface area contributed by atoms with Gasteiger partial charge in [-0.25, -0.2) is 15.4 Å². The van der Waals surface area contributed by atoms with E-state index in [4.69, 9.17) is 17.4 Å². The molecule has 8 heteroatoms. The number of nitrogens with one attached hydrogen (secondary N) is 1. The number of hydroxylamine groups is 1. The Kier molecular flexibility index (Phi) is 7.14. The average molecular weight is 417 g/mol. The van der Waals surface area contributed by atoms with Crippen LogP contribution in [0.4, 0.5) is 11.5 Å². The van der Waals surface area contributed by atoms with E-state index in [0.717, 1.165) is 29.5 Å². The molecule has 2 aromatic carbocycles. The standard InChI is InChI=1S/C23H23N5O3/c1-2-16-7-6-8-18(13-16)28(12-5-3-4-9-21(29)27-31)23-19-11-10-17(22(24)30)14-20(19)25-15-26-23/h1,6-8,10-11,13-15,31H,3-5,9,12H2,(H2,24,30)(H,27,29). The van der Waals surface area contributed by atoms with Crippen molar-refractivity contribution in [1.82, 2.24) is 15.4 Å². The number of nitrogens with zero attached hydrogens (tertiary/aromatic N) is 3. The zero-order valence-electron chi connectivity index (χ0n) is 16.9. The molecule has 0 aliphatic heterocycles. The summed E-state index contributed by atoms with van der Waals surface area (Å²) >= 11 is 0. The number of amides is 2. The van der Waals surface area contributed by atoms with Gasteiger partial charge in [-0.05, 0) is 49.2 Å². The molecule has 1 heterocycles. The van der Waals surface area contributed by atoms with Crippen LogP contribution >= 0.6 is 0 Å². The van der Waals surface area contributed by atoms with Gasteiger partial charge >= 0.3 is 0 Å². The highest BCUT2D eigenvalue weighted by Gasteiger charge is 2.16. The first kappa shape index (κ1) is 21.7. The number of terminal acetylenes is 1. The first-order chi connectivity index (χ1) is 15.0. The van der Waals surface area contributed by atoms with Gasteiger partial charge in [0.05, 0.1) is 5.52 Å². The van der Waals surface area contributed by atoms with Gasteiger partial charge in [-0.2, -0.15) is 0 Å². The number of unbranched alkanes of at least 4 members (excludes halogenated alkanes) is 2. The van der Waals surface area contributed by atoms with Crippen LogP contribution in [0.3, 0.4) is 0 Å². The van der Waals surface area contributed by atoms with Crippen molar-refractivity contribution < 1.29 is 14.8 Å². The summed E-state index contributed by atoms with van der Waals surface area (Å²) in [5.41, 5.74) is 9.65. The second-order valence-electron chi connectivity index (χ2n) is 6.99. The normalized spacial score (nSPS) is 10.5. The number of fused-ring (bicyclic) bond motifs is 1. The van der Waals surface area contributed by atoms with Crippen molar-refractivity contribution >= 4 is 34.2 Å². The average Bonchev–Trinajstić information content (AvgIpc) is 2.80. The molecule has 0 spiro atoms. The molecule has 0 unspecified atom stereocenters. The molecule has 0 aliphatic rings. The lowest BCUT2D eigenvalue weighted by atomic mass is 10.1. The van der Waals surface area contributed by atoms with Gasteiger partial charge in [-0.15, -0.1) is 6.42 Å². The third-order valence-electron chi connectivity index (χ3n) is 4.89. The maximum Gasteiger partial charge on any atom is 0.248 e. The topological polar surface area (TPSA) is 121 Å². The van der Waals surface area contributed by atoms with Crippen LogP contribution in [0.15, 0.2) is 48.8 Å². The van der Waals surface area contributed by atoms with Gasteiger partial charge in [0.2, 0.25) is 11.8 Å². The quantitative estimate of drug-likeness (QED) is 0.213. The molecular weight excluding hydrogens is 394 g/mol. The van der Waals surface area contributed by atoms with E-state index in [9.17, 15) is 9.59 Å². The number of rotatable bonds is 9. The van der Waals surface area contributed by atoms with E-state index in [1.165, 1.54) is 6.33 Å². The van der Waals surface area contributed by atoms with Crippen LogP contribution < -0.4 is 16.1 Å². The zero-order chi connectivity index (χ0) is 22.2. The van der Waals surface area contributed by atoms with Gasteiger partial charge in [-0.1, -0.05) is 18.4 Å². The monoisotopic (exact) mass is 417 g/mol. The van der Waals surface area contributed by atoms with Crippen molar-refractivity contribution in [2.24, 2.45) is 5.73 Å². The molecule has 3 rings (SSSR count). The molecule has 1 aromatic heterocycles. The molecule has 4 N–H and O–H groups in total. The predicted molar refractivity (Wildman–Crippen MR) is 118 cm³/mol. The first-order valence-electron chi connectivity index (χ1n) is 9.85. The summed E-state index contributed by atoms with van der Waals surface area (Å²) in [7, 11) is 0. The Balaban J connectivity index is 1.93. The van der Waals surface area contributed by atoms with Crippen LogP contribution in [0.25, 0.3) is 10.9 Å². The van der Waals surface area contributed by atoms with Crippen LogP contribution in [0.1, 0.15) is 41.6 Å². The summed E-state index contributed by atoms with van der Waals surface area (Å²) < 4.78 is 0. The van der Waals surface area contributed by atoms with Crippen molar-refractivity contribution in [1.29, 1.82) is 0 Å². The fourth-order valence-corrected chi connectivity index (χ4v) is 3.32. The van der Waals surface area contributed by atoms with E-state index in [1.54, 1.807) is 23.7 Å². The molecule has 0 fully saturated rings. The van der Waals surface area contributed by atoms with Crippen molar-refractivity contribution in [2.45, 2.75) is 25.7 Å². The van der Waals surface area contributed by atoms with E-state index in [2.05, 4.69) is 15.9 Å². The van der Waals surface area contributed by atoms with Gasteiger partial charge in [0.15, 0.2) is 0 Å². The van der Waals surface area contributed by atoms with E-state index in [1.807, 2.05) is 29.2 Å². The SMILES string of the molecule is C#Cc1cccc(N(CCCCCC(=O)NO)c2ncnc3cc(C(N)=O)ccc23)c1. The van der Waals surface area contributed by atoms with Gasteiger partial charge in [0.25, 0.3) is 0 Å². The maximum absolute atomic E-state index is 11.5. The molecule has 8 nitrogen and oxygen atoms in total. The predicted octanol–water partition coefficient (Wildman–Crippen LogP) is 2.91. The minimum Gasteiger partial charge on any atom is -0.366 e. The Hall–Kier alpha value is -3.96.